The molecule has 4 heteroatoms. The van der Waals surface area contributed by atoms with Gasteiger partial charge in [0.25, 0.3) is 0 Å². The molecule has 0 aromatic rings. The number of carboxylic acid groups (broad SMARTS) is 2. The first-order valence-electron chi connectivity index (χ1n) is 7.37. The molecule has 0 unspecified atom stereocenters. The van der Waals surface area contributed by atoms with E-state index in [1.807, 2.05) is 32.9 Å². The van der Waals surface area contributed by atoms with E-state index in [0.29, 0.717) is 12.8 Å². The number of carbonyl (C=O) groups is 2. The Balaban J connectivity index is 5.50. The second-order valence-electron chi connectivity index (χ2n) is 7.80. The molecule has 0 bridgehead atoms. The topological polar surface area (TPSA) is 74.6 Å². The minimum absolute atomic E-state index is 0.0362. The lowest BCUT2D eigenvalue weighted by molar-refractivity contribution is -0.150. The first kappa shape index (κ1) is 19.7. The number of allylic oxidation sites excluding steroid dienone is 2. The Morgan fingerprint density at radius 3 is 1.48 bits per heavy atom. The van der Waals surface area contributed by atoms with Crippen molar-refractivity contribution in [2.24, 2.45) is 22.2 Å². The first-order chi connectivity index (χ1) is 9.26. The van der Waals surface area contributed by atoms with E-state index in [1.165, 1.54) is 0 Å². The first-order valence-corrected chi connectivity index (χ1v) is 7.37. The summed E-state index contributed by atoms with van der Waals surface area (Å²) >= 11 is 0. The SMILES string of the molecule is C/C=C/C(C)(C)C(CC(C)(C)C(=O)O)CC(C)(C)C(=O)O. The van der Waals surface area contributed by atoms with Crippen LogP contribution in [0.3, 0.4) is 0 Å². The standard InChI is InChI=1S/C17H30O4/c1-8-9-15(2,3)12(10-16(4,5)13(18)19)11-17(6,7)14(20)21/h8-9,12H,10-11H2,1-7H3,(H,18,19)(H,20,21)/b9-8+. The molecule has 0 radical (unpaired) electrons. The molecule has 4 nitrogen and oxygen atoms in total. The fourth-order valence-electron chi connectivity index (χ4n) is 2.57. The van der Waals surface area contributed by atoms with E-state index in [4.69, 9.17) is 0 Å². The van der Waals surface area contributed by atoms with Crippen LogP contribution in [0.2, 0.25) is 0 Å². The lowest BCUT2D eigenvalue weighted by atomic mass is 9.65. The van der Waals surface area contributed by atoms with Crippen LogP contribution in [0.4, 0.5) is 0 Å². The van der Waals surface area contributed by atoms with Crippen molar-refractivity contribution in [2.75, 3.05) is 0 Å². The third-order valence-electron chi connectivity index (χ3n) is 4.32. The summed E-state index contributed by atoms with van der Waals surface area (Å²) in [5.41, 5.74) is -2.01. The van der Waals surface area contributed by atoms with Crippen LogP contribution in [0.25, 0.3) is 0 Å². The average molecular weight is 298 g/mol. The van der Waals surface area contributed by atoms with Gasteiger partial charge in [-0.05, 0) is 58.8 Å². The highest BCUT2D eigenvalue weighted by molar-refractivity contribution is 5.74. The molecule has 21 heavy (non-hydrogen) atoms. The van der Waals surface area contributed by atoms with Crippen LogP contribution in [0.15, 0.2) is 12.2 Å². The van der Waals surface area contributed by atoms with Gasteiger partial charge in [-0.2, -0.15) is 0 Å². The largest absolute Gasteiger partial charge is 0.481 e. The van der Waals surface area contributed by atoms with E-state index in [0.717, 1.165) is 0 Å². The zero-order chi connectivity index (χ0) is 17.1. The molecule has 0 aromatic heterocycles. The zero-order valence-electron chi connectivity index (χ0n) is 14.4. The highest BCUT2D eigenvalue weighted by atomic mass is 16.4. The Labute approximate surface area is 128 Å². The molecular weight excluding hydrogens is 268 g/mol. The summed E-state index contributed by atoms with van der Waals surface area (Å²) in [4.78, 5) is 22.8. The third-order valence-corrected chi connectivity index (χ3v) is 4.32. The molecule has 0 saturated carbocycles. The molecule has 0 saturated heterocycles. The Bertz CT molecular complexity index is 389. The summed E-state index contributed by atoms with van der Waals surface area (Å²) in [5.74, 6) is -1.74. The van der Waals surface area contributed by atoms with Crippen LogP contribution >= 0.6 is 0 Å². The number of aliphatic carboxylic acids is 2. The number of hydrogen-bond donors (Lipinski definition) is 2. The molecular formula is C17H30O4. The fourth-order valence-corrected chi connectivity index (χ4v) is 2.57. The van der Waals surface area contributed by atoms with Gasteiger partial charge < -0.3 is 10.2 Å². The summed E-state index contributed by atoms with van der Waals surface area (Å²) in [6, 6.07) is 0. The summed E-state index contributed by atoms with van der Waals surface area (Å²) in [6.45, 7) is 12.8. The van der Waals surface area contributed by atoms with Gasteiger partial charge in [-0.3, -0.25) is 9.59 Å². The van der Waals surface area contributed by atoms with Gasteiger partial charge in [0, 0.05) is 0 Å². The molecule has 0 aliphatic rings. The smallest absolute Gasteiger partial charge is 0.309 e. The second-order valence-corrected chi connectivity index (χ2v) is 7.80. The molecule has 0 rings (SSSR count). The Hall–Kier alpha value is -1.32. The average Bonchev–Trinajstić information content (AvgIpc) is 2.26. The lowest BCUT2D eigenvalue weighted by Gasteiger charge is -2.39. The van der Waals surface area contributed by atoms with Crippen molar-refractivity contribution < 1.29 is 19.8 Å². The highest BCUT2D eigenvalue weighted by Gasteiger charge is 2.41. The monoisotopic (exact) mass is 298 g/mol. The molecule has 0 amide bonds. The normalized spacial score (nSPS) is 13.9. The molecule has 0 aromatic carbocycles. The molecule has 0 atom stereocenters. The van der Waals surface area contributed by atoms with Gasteiger partial charge in [0.15, 0.2) is 0 Å². The molecule has 0 aliphatic carbocycles. The predicted molar refractivity (Wildman–Crippen MR) is 84.2 cm³/mol. The Morgan fingerprint density at radius 1 is 0.905 bits per heavy atom. The van der Waals surface area contributed by atoms with Crippen LogP contribution in [-0.4, -0.2) is 22.2 Å². The summed E-state index contributed by atoms with van der Waals surface area (Å²) in [5, 5.41) is 18.7. The third kappa shape index (κ3) is 5.52. The van der Waals surface area contributed by atoms with Crippen molar-refractivity contribution in [3.05, 3.63) is 12.2 Å². The molecule has 0 aliphatic heterocycles. The van der Waals surface area contributed by atoms with Crippen LogP contribution in [0.1, 0.15) is 61.3 Å². The van der Waals surface area contributed by atoms with Gasteiger partial charge in [0.1, 0.15) is 0 Å². The molecule has 2 N–H and O–H groups in total. The van der Waals surface area contributed by atoms with Crippen molar-refractivity contribution in [1.82, 2.24) is 0 Å². The van der Waals surface area contributed by atoms with Crippen LogP contribution < -0.4 is 0 Å². The van der Waals surface area contributed by atoms with E-state index in [1.54, 1.807) is 27.7 Å². The second kappa shape index (κ2) is 6.63. The fraction of sp³-hybridized carbons (Fsp3) is 0.765. The summed E-state index contributed by atoms with van der Waals surface area (Å²) in [7, 11) is 0. The quantitative estimate of drug-likeness (QED) is 0.658. The van der Waals surface area contributed by atoms with Crippen molar-refractivity contribution in [1.29, 1.82) is 0 Å². The van der Waals surface area contributed by atoms with Crippen molar-refractivity contribution in [2.45, 2.75) is 61.3 Å². The van der Waals surface area contributed by atoms with Gasteiger partial charge in [-0.15, -0.1) is 0 Å². The van der Waals surface area contributed by atoms with Gasteiger partial charge >= 0.3 is 11.9 Å². The maximum absolute atomic E-state index is 11.4. The van der Waals surface area contributed by atoms with Crippen LogP contribution in [-0.2, 0) is 9.59 Å². The summed E-state index contributed by atoms with van der Waals surface area (Å²) in [6.07, 6.45) is 4.86. The van der Waals surface area contributed by atoms with Crippen molar-refractivity contribution in [3.8, 4) is 0 Å². The highest BCUT2D eigenvalue weighted by Crippen LogP contribution is 2.44. The maximum atomic E-state index is 11.4. The van der Waals surface area contributed by atoms with E-state index < -0.39 is 22.8 Å². The van der Waals surface area contributed by atoms with Gasteiger partial charge in [0.05, 0.1) is 10.8 Å². The predicted octanol–water partition coefficient (Wildman–Crippen LogP) is 4.21. The van der Waals surface area contributed by atoms with Crippen molar-refractivity contribution >= 4 is 11.9 Å². The van der Waals surface area contributed by atoms with E-state index in [2.05, 4.69) is 0 Å². The zero-order valence-corrected chi connectivity index (χ0v) is 14.4. The molecule has 0 spiro atoms. The number of rotatable bonds is 8. The van der Waals surface area contributed by atoms with Crippen molar-refractivity contribution in [3.63, 3.8) is 0 Å². The maximum Gasteiger partial charge on any atom is 0.309 e. The van der Waals surface area contributed by atoms with E-state index >= 15 is 0 Å². The lowest BCUT2D eigenvalue weighted by Crippen LogP contribution is -2.37. The minimum atomic E-state index is -0.877. The summed E-state index contributed by atoms with van der Waals surface area (Å²) < 4.78 is 0. The van der Waals surface area contributed by atoms with Gasteiger partial charge in [-0.25, -0.2) is 0 Å². The minimum Gasteiger partial charge on any atom is -0.481 e. The van der Waals surface area contributed by atoms with Gasteiger partial charge in [0.2, 0.25) is 0 Å². The van der Waals surface area contributed by atoms with Crippen LogP contribution in [0, 0.1) is 22.2 Å². The molecule has 0 fully saturated rings. The van der Waals surface area contributed by atoms with E-state index in [9.17, 15) is 19.8 Å². The Kier molecular flexibility index (Phi) is 6.21. The Morgan fingerprint density at radius 2 is 1.24 bits per heavy atom. The van der Waals surface area contributed by atoms with Crippen LogP contribution in [0.5, 0.6) is 0 Å². The van der Waals surface area contributed by atoms with Gasteiger partial charge in [-0.1, -0.05) is 26.0 Å². The number of hydrogen-bond acceptors (Lipinski definition) is 2. The van der Waals surface area contributed by atoms with E-state index in [-0.39, 0.29) is 11.3 Å². The molecule has 122 valence electrons. The number of carboxylic acids is 2. The molecule has 0 heterocycles.